The summed E-state index contributed by atoms with van der Waals surface area (Å²) in [5.74, 6) is -1.02. The summed E-state index contributed by atoms with van der Waals surface area (Å²) in [6, 6.07) is 1.52. The molecule has 0 unspecified atom stereocenters. The van der Waals surface area contributed by atoms with Gasteiger partial charge in [-0.25, -0.2) is 9.59 Å². The Balaban J connectivity index is 2.16. The third-order valence-corrected chi connectivity index (χ3v) is 4.09. The van der Waals surface area contributed by atoms with E-state index >= 15 is 0 Å². The number of halogens is 3. The minimum absolute atomic E-state index is 0.235. The van der Waals surface area contributed by atoms with Gasteiger partial charge >= 0.3 is 12.0 Å². The Morgan fingerprint density at radius 1 is 1.20 bits per heavy atom. The lowest BCUT2D eigenvalue weighted by atomic mass is 10.2. The number of amides is 2. The van der Waals surface area contributed by atoms with Crippen LogP contribution in [0.4, 0.5) is 10.5 Å². The number of anilines is 1. The van der Waals surface area contributed by atoms with Crippen LogP contribution in [0.15, 0.2) is 12.1 Å². The number of carbonyl (C=O) groups excluding carboxylic acids is 1. The number of likely N-dealkylation sites (tertiary alicyclic amines) is 1. The summed E-state index contributed by atoms with van der Waals surface area (Å²) < 4.78 is 0. The lowest BCUT2D eigenvalue weighted by Crippen LogP contribution is -2.42. The summed E-state index contributed by atoms with van der Waals surface area (Å²) in [4.78, 5) is 24.4. The molecule has 108 valence electrons. The van der Waals surface area contributed by atoms with Crippen LogP contribution in [0.1, 0.15) is 12.8 Å². The maximum Gasteiger partial charge on any atom is 0.326 e. The van der Waals surface area contributed by atoms with Crippen LogP contribution in [0.3, 0.4) is 0 Å². The normalized spacial score (nSPS) is 18.1. The fourth-order valence-corrected chi connectivity index (χ4v) is 2.67. The molecule has 2 rings (SSSR count). The first-order valence-electron chi connectivity index (χ1n) is 5.85. The third-order valence-electron chi connectivity index (χ3n) is 3.05. The molecule has 1 saturated heterocycles. The average Bonchev–Trinajstić information content (AvgIpc) is 2.85. The number of carbonyl (C=O) groups is 2. The molecule has 1 heterocycles. The fourth-order valence-electron chi connectivity index (χ4n) is 2.07. The van der Waals surface area contributed by atoms with Crippen LogP contribution < -0.4 is 5.32 Å². The number of rotatable bonds is 2. The topological polar surface area (TPSA) is 69.6 Å². The second-order valence-electron chi connectivity index (χ2n) is 4.37. The highest BCUT2D eigenvalue weighted by atomic mass is 35.5. The second-order valence-corrected chi connectivity index (χ2v) is 5.59. The fraction of sp³-hybridized carbons (Fsp3) is 0.333. The van der Waals surface area contributed by atoms with E-state index in [0.717, 1.165) is 0 Å². The molecule has 0 aromatic heterocycles. The number of nitrogens with one attached hydrogen (secondary N) is 1. The monoisotopic (exact) mass is 336 g/mol. The van der Waals surface area contributed by atoms with Gasteiger partial charge in [0.05, 0.1) is 20.8 Å². The van der Waals surface area contributed by atoms with E-state index in [2.05, 4.69) is 5.32 Å². The number of carboxylic acid groups (broad SMARTS) is 1. The molecule has 1 aromatic rings. The van der Waals surface area contributed by atoms with E-state index in [0.29, 0.717) is 25.1 Å². The Bertz CT molecular complexity index is 565. The van der Waals surface area contributed by atoms with Gasteiger partial charge in [0.1, 0.15) is 6.04 Å². The number of benzene rings is 1. The van der Waals surface area contributed by atoms with Crippen molar-refractivity contribution in [1.29, 1.82) is 0 Å². The summed E-state index contributed by atoms with van der Waals surface area (Å²) in [5, 5.41) is 12.4. The van der Waals surface area contributed by atoms with Crippen molar-refractivity contribution in [3.05, 3.63) is 27.2 Å². The van der Waals surface area contributed by atoms with Crippen LogP contribution in [0, 0.1) is 0 Å². The van der Waals surface area contributed by atoms with Gasteiger partial charge in [0, 0.05) is 6.54 Å². The van der Waals surface area contributed by atoms with Gasteiger partial charge in [-0.1, -0.05) is 34.8 Å². The predicted octanol–water partition coefficient (Wildman–Crippen LogP) is 3.73. The molecular weight excluding hydrogens is 327 g/mol. The van der Waals surface area contributed by atoms with Crippen LogP contribution in [0.2, 0.25) is 15.1 Å². The van der Waals surface area contributed by atoms with Crippen LogP contribution in [-0.2, 0) is 4.79 Å². The molecule has 0 spiro atoms. The number of urea groups is 1. The predicted molar refractivity (Wildman–Crippen MR) is 77.9 cm³/mol. The van der Waals surface area contributed by atoms with Gasteiger partial charge in [0.2, 0.25) is 0 Å². The lowest BCUT2D eigenvalue weighted by Gasteiger charge is -2.22. The maximum absolute atomic E-state index is 12.1. The van der Waals surface area contributed by atoms with Gasteiger partial charge in [0.15, 0.2) is 0 Å². The van der Waals surface area contributed by atoms with Gasteiger partial charge in [-0.3, -0.25) is 0 Å². The van der Waals surface area contributed by atoms with Crippen LogP contribution in [0.5, 0.6) is 0 Å². The Kier molecular flexibility index (Phi) is 4.62. The molecular formula is C12H11Cl3N2O3. The first kappa shape index (κ1) is 15.2. The van der Waals surface area contributed by atoms with Crippen LogP contribution in [0.25, 0.3) is 0 Å². The number of nitrogens with zero attached hydrogens (tertiary/aromatic N) is 1. The average molecular weight is 338 g/mol. The van der Waals surface area contributed by atoms with Crippen molar-refractivity contribution in [2.75, 3.05) is 11.9 Å². The van der Waals surface area contributed by atoms with E-state index in [4.69, 9.17) is 39.9 Å². The highest BCUT2D eigenvalue weighted by Gasteiger charge is 2.34. The summed E-state index contributed by atoms with van der Waals surface area (Å²) in [6.07, 6.45) is 1.09. The van der Waals surface area contributed by atoms with E-state index in [1.807, 2.05) is 0 Å². The number of hydrogen-bond acceptors (Lipinski definition) is 2. The molecule has 0 bridgehead atoms. The molecule has 0 radical (unpaired) electrons. The molecule has 2 N–H and O–H groups in total. The summed E-state index contributed by atoms with van der Waals surface area (Å²) in [5.41, 5.74) is 0.294. The third kappa shape index (κ3) is 3.11. The van der Waals surface area contributed by atoms with Crippen molar-refractivity contribution in [3.63, 3.8) is 0 Å². The highest BCUT2D eigenvalue weighted by molar-refractivity contribution is 6.44. The quantitative estimate of drug-likeness (QED) is 0.808. The number of hydrogen-bond donors (Lipinski definition) is 2. The van der Waals surface area contributed by atoms with Crippen molar-refractivity contribution in [3.8, 4) is 0 Å². The van der Waals surface area contributed by atoms with Crippen molar-refractivity contribution in [1.82, 2.24) is 4.90 Å². The van der Waals surface area contributed by atoms with E-state index in [1.165, 1.54) is 17.0 Å². The first-order valence-corrected chi connectivity index (χ1v) is 6.98. The molecule has 2 amide bonds. The smallest absolute Gasteiger partial charge is 0.326 e. The minimum Gasteiger partial charge on any atom is -0.480 e. The van der Waals surface area contributed by atoms with Crippen molar-refractivity contribution >= 4 is 52.5 Å². The van der Waals surface area contributed by atoms with Gasteiger partial charge in [-0.05, 0) is 25.0 Å². The lowest BCUT2D eigenvalue weighted by molar-refractivity contribution is -0.141. The molecule has 5 nitrogen and oxygen atoms in total. The van der Waals surface area contributed by atoms with Gasteiger partial charge < -0.3 is 15.3 Å². The molecule has 1 aliphatic rings. The number of carboxylic acids is 1. The Labute approximate surface area is 130 Å². The Hall–Kier alpha value is -1.17. The summed E-state index contributed by atoms with van der Waals surface area (Å²) in [7, 11) is 0. The van der Waals surface area contributed by atoms with Gasteiger partial charge in [0.25, 0.3) is 0 Å². The standard InChI is InChI=1S/C12H11Cl3N2O3/c13-6-4-8(15)9(5-7(6)14)16-12(20)17-3-1-2-10(17)11(18)19/h4-5,10H,1-3H2,(H,16,20)(H,18,19)/t10-/m1/s1. The largest absolute Gasteiger partial charge is 0.480 e. The molecule has 8 heteroatoms. The summed E-state index contributed by atoms with van der Waals surface area (Å²) in [6.45, 7) is 0.391. The molecule has 1 atom stereocenters. The van der Waals surface area contributed by atoms with E-state index in [9.17, 15) is 9.59 Å². The highest BCUT2D eigenvalue weighted by Crippen LogP contribution is 2.32. The minimum atomic E-state index is -1.02. The molecule has 1 aromatic carbocycles. The van der Waals surface area contributed by atoms with Crippen LogP contribution in [-0.4, -0.2) is 34.6 Å². The van der Waals surface area contributed by atoms with Crippen molar-refractivity contribution in [2.45, 2.75) is 18.9 Å². The van der Waals surface area contributed by atoms with E-state index in [-0.39, 0.29) is 15.1 Å². The van der Waals surface area contributed by atoms with Crippen molar-refractivity contribution < 1.29 is 14.7 Å². The Morgan fingerprint density at radius 3 is 2.50 bits per heavy atom. The summed E-state index contributed by atoms with van der Waals surface area (Å²) >= 11 is 17.6. The van der Waals surface area contributed by atoms with Crippen LogP contribution >= 0.6 is 34.8 Å². The van der Waals surface area contributed by atoms with E-state index < -0.39 is 18.0 Å². The maximum atomic E-state index is 12.1. The Morgan fingerprint density at radius 2 is 1.85 bits per heavy atom. The van der Waals surface area contributed by atoms with Crippen molar-refractivity contribution in [2.24, 2.45) is 0 Å². The van der Waals surface area contributed by atoms with E-state index in [1.54, 1.807) is 0 Å². The molecule has 0 saturated carbocycles. The molecule has 0 aliphatic carbocycles. The number of aliphatic carboxylic acids is 1. The molecule has 20 heavy (non-hydrogen) atoms. The van der Waals surface area contributed by atoms with Gasteiger partial charge in [-0.2, -0.15) is 0 Å². The molecule has 1 fully saturated rings. The van der Waals surface area contributed by atoms with Gasteiger partial charge in [-0.15, -0.1) is 0 Å². The second kappa shape index (κ2) is 6.08. The molecule has 1 aliphatic heterocycles. The SMILES string of the molecule is O=C(O)[C@H]1CCCN1C(=O)Nc1cc(Cl)c(Cl)cc1Cl. The zero-order chi connectivity index (χ0) is 14.9. The zero-order valence-corrected chi connectivity index (χ0v) is 12.5. The zero-order valence-electron chi connectivity index (χ0n) is 10.2. The first-order chi connectivity index (χ1) is 9.40.